The number of aliphatic hydroxyl groups excluding tert-OH is 2. The molecule has 0 spiro atoms. The number of aliphatic hydroxyl groups is 2. The van der Waals surface area contributed by atoms with Crippen LogP contribution >= 0.6 is 0 Å². The van der Waals surface area contributed by atoms with E-state index in [0.717, 1.165) is 51.4 Å². The van der Waals surface area contributed by atoms with E-state index < -0.39 is 12.2 Å². The molecule has 0 bridgehead atoms. The highest BCUT2D eigenvalue weighted by Crippen LogP contribution is 2.36. The number of hydrogen-bond acceptors (Lipinski definition) is 3. The van der Waals surface area contributed by atoms with Gasteiger partial charge in [-0.25, -0.2) is 0 Å². The molecule has 4 nitrogen and oxygen atoms in total. The zero-order chi connectivity index (χ0) is 21.2. The lowest BCUT2D eigenvalue weighted by molar-refractivity contribution is -0.121. The second kappa shape index (κ2) is 12.1. The van der Waals surface area contributed by atoms with Crippen LogP contribution in [0.25, 0.3) is 0 Å². The van der Waals surface area contributed by atoms with Crippen LogP contribution in [0, 0.1) is 11.8 Å². The van der Waals surface area contributed by atoms with Crippen molar-refractivity contribution in [2.24, 2.45) is 11.8 Å². The maximum absolute atomic E-state index is 11.7. The van der Waals surface area contributed by atoms with Gasteiger partial charge >= 0.3 is 0 Å². The molecular weight excluding hydrogens is 374 g/mol. The van der Waals surface area contributed by atoms with Crippen molar-refractivity contribution in [1.82, 2.24) is 5.32 Å². The van der Waals surface area contributed by atoms with Crippen molar-refractivity contribution in [3.05, 3.63) is 60.2 Å². The Labute approximate surface area is 181 Å². The lowest BCUT2D eigenvalue weighted by Crippen LogP contribution is -2.24. The van der Waals surface area contributed by atoms with Crippen LogP contribution in [0.2, 0.25) is 0 Å². The van der Waals surface area contributed by atoms with Crippen molar-refractivity contribution in [1.29, 1.82) is 0 Å². The van der Waals surface area contributed by atoms with Crippen molar-refractivity contribution in [2.45, 2.75) is 82.5 Å². The van der Waals surface area contributed by atoms with Crippen LogP contribution in [0.3, 0.4) is 0 Å². The lowest BCUT2D eigenvalue weighted by atomic mass is 9.89. The molecule has 2 saturated carbocycles. The first-order valence-corrected chi connectivity index (χ1v) is 11.6. The second-order valence-corrected chi connectivity index (χ2v) is 8.86. The predicted octanol–water partition coefficient (Wildman–Crippen LogP) is 4.32. The molecule has 0 aromatic heterocycles. The van der Waals surface area contributed by atoms with Crippen molar-refractivity contribution in [3.63, 3.8) is 0 Å². The summed E-state index contributed by atoms with van der Waals surface area (Å²) in [4.78, 5) is 11.7. The number of amides is 1. The number of carbonyl (C=O) groups excluding carboxylic acids is 1. The number of benzene rings is 1. The molecule has 0 radical (unpaired) electrons. The number of nitrogens with one attached hydrogen (secondary N) is 1. The highest BCUT2D eigenvalue weighted by Gasteiger charge is 2.39. The van der Waals surface area contributed by atoms with E-state index in [1.54, 1.807) is 0 Å². The third-order valence-electron chi connectivity index (χ3n) is 6.25. The number of carbonyl (C=O) groups is 1. The molecule has 0 unspecified atom stereocenters. The summed E-state index contributed by atoms with van der Waals surface area (Å²) in [7, 11) is 0. The van der Waals surface area contributed by atoms with E-state index >= 15 is 0 Å². The maximum atomic E-state index is 11.7. The summed E-state index contributed by atoms with van der Waals surface area (Å²) in [5.41, 5.74) is 1.36. The van der Waals surface area contributed by atoms with Gasteiger partial charge in [-0.15, -0.1) is 0 Å². The summed E-state index contributed by atoms with van der Waals surface area (Å²) >= 11 is 0. The Morgan fingerprint density at radius 2 is 1.77 bits per heavy atom. The average Bonchev–Trinajstić information content (AvgIpc) is 3.50. The van der Waals surface area contributed by atoms with Crippen molar-refractivity contribution in [2.75, 3.05) is 0 Å². The summed E-state index contributed by atoms with van der Waals surface area (Å²) in [6.45, 7) is 0. The summed E-state index contributed by atoms with van der Waals surface area (Å²) in [6, 6.07) is 10.9. The fourth-order valence-corrected chi connectivity index (χ4v) is 4.31. The van der Waals surface area contributed by atoms with Crippen LogP contribution in [0.15, 0.2) is 54.6 Å². The Morgan fingerprint density at radius 3 is 2.53 bits per heavy atom. The second-order valence-electron chi connectivity index (χ2n) is 8.86. The molecule has 2 aliphatic rings. The van der Waals surface area contributed by atoms with Crippen LogP contribution in [0.5, 0.6) is 0 Å². The van der Waals surface area contributed by atoms with Gasteiger partial charge in [0.25, 0.3) is 0 Å². The molecule has 164 valence electrons. The summed E-state index contributed by atoms with van der Waals surface area (Å²) < 4.78 is 0. The molecule has 0 saturated heterocycles. The SMILES string of the molecule is O=C(CCC/C=C\C[C@@H]1[C@@H](/C=C/CCCc2ccccc2)[C@H](O)C[C@@H]1O)NC1CC1. The molecule has 3 N–H and O–H groups in total. The van der Waals surface area contributed by atoms with Gasteiger partial charge in [0.15, 0.2) is 0 Å². The molecule has 30 heavy (non-hydrogen) atoms. The molecule has 2 aliphatic carbocycles. The van der Waals surface area contributed by atoms with E-state index in [2.05, 4.69) is 53.9 Å². The van der Waals surface area contributed by atoms with Crippen molar-refractivity contribution >= 4 is 5.91 Å². The molecule has 0 heterocycles. The Balaban J connectivity index is 1.35. The molecule has 1 aromatic carbocycles. The van der Waals surface area contributed by atoms with E-state index in [1.165, 1.54) is 5.56 Å². The zero-order valence-corrected chi connectivity index (χ0v) is 18.0. The smallest absolute Gasteiger partial charge is 0.220 e. The molecule has 4 heteroatoms. The van der Waals surface area contributed by atoms with E-state index in [4.69, 9.17) is 0 Å². The molecule has 0 aliphatic heterocycles. The minimum absolute atomic E-state index is 0.0192. The monoisotopic (exact) mass is 411 g/mol. The van der Waals surface area contributed by atoms with Gasteiger partial charge < -0.3 is 15.5 Å². The van der Waals surface area contributed by atoms with Crippen LogP contribution in [0.1, 0.15) is 63.4 Å². The van der Waals surface area contributed by atoms with Gasteiger partial charge in [-0.05, 0) is 62.8 Å². The van der Waals surface area contributed by atoms with Gasteiger partial charge in [0, 0.05) is 24.8 Å². The maximum Gasteiger partial charge on any atom is 0.220 e. The number of unbranched alkanes of at least 4 members (excludes halogenated alkanes) is 2. The quantitative estimate of drug-likeness (QED) is 0.354. The first kappa shape index (κ1) is 22.8. The molecular formula is C26H37NO3. The third-order valence-corrected chi connectivity index (χ3v) is 6.25. The zero-order valence-electron chi connectivity index (χ0n) is 18.0. The number of rotatable bonds is 12. The fraction of sp³-hybridized carbons (Fsp3) is 0.577. The van der Waals surface area contributed by atoms with Crippen LogP contribution in [-0.4, -0.2) is 34.4 Å². The van der Waals surface area contributed by atoms with Crippen molar-refractivity contribution in [3.8, 4) is 0 Å². The number of aryl methyl sites for hydroxylation is 1. The molecule has 1 aromatic rings. The minimum Gasteiger partial charge on any atom is -0.393 e. The fourth-order valence-electron chi connectivity index (χ4n) is 4.31. The highest BCUT2D eigenvalue weighted by molar-refractivity contribution is 5.76. The first-order valence-electron chi connectivity index (χ1n) is 11.6. The molecule has 2 fully saturated rings. The lowest BCUT2D eigenvalue weighted by Gasteiger charge is -2.19. The van der Waals surface area contributed by atoms with Gasteiger partial charge in [0.2, 0.25) is 5.91 Å². The number of allylic oxidation sites excluding steroid dienone is 3. The van der Waals surface area contributed by atoms with E-state index in [9.17, 15) is 15.0 Å². The first-order chi connectivity index (χ1) is 14.6. The van der Waals surface area contributed by atoms with Crippen LogP contribution in [-0.2, 0) is 11.2 Å². The summed E-state index contributed by atoms with van der Waals surface area (Å²) in [6.07, 6.45) is 16.5. The third kappa shape index (κ3) is 7.73. The summed E-state index contributed by atoms with van der Waals surface area (Å²) in [5, 5.41) is 23.7. The molecule has 1 amide bonds. The highest BCUT2D eigenvalue weighted by atomic mass is 16.3. The minimum atomic E-state index is -0.463. The topological polar surface area (TPSA) is 69.6 Å². The van der Waals surface area contributed by atoms with E-state index in [1.807, 2.05) is 6.07 Å². The average molecular weight is 412 g/mol. The summed E-state index contributed by atoms with van der Waals surface area (Å²) in [5.74, 6) is 0.253. The van der Waals surface area contributed by atoms with E-state index in [-0.39, 0.29) is 17.7 Å². The Morgan fingerprint density at radius 1 is 1.00 bits per heavy atom. The van der Waals surface area contributed by atoms with Gasteiger partial charge in [-0.3, -0.25) is 4.79 Å². The van der Waals surface area contributed by atoms with Gasteiger partial charge in [0.05, 0.1) is 12.2 Å². The van der Waals surface area contributed by atoms with Gasteiger partial charge in [-0.2, -0.15) is 0 Å². The molecule has 3 rings (SSSR count). The Hall–Kier alpha value is -1.91. The number of hydrogen-bond donors (Lipinski definition) is 3. The largest absolute Gasteiger partial charge is 0.393 e. The van der Waals surface area contributed by atoms with Crippen molar-refractivity contribution < 1.29 is 15.0 Å². The van der Waals surface area contributed by atoms with Gasteiger partial charge in [-0.1, -0.05) is 54.6 Å². The van der Waals surface area contributed by atoms with Crippen LogP contribution < -0.4 is 5.32 Å². The Kier molecular flexibility index (Phi) is 9.16. The normalized spacial score (nSPS) is 26.6. The van der Waals surface area contributed by atoms with E-state index in [0.29, 0.717) is 18.9 Å². The van der Waals surface area contributed by atoms with Gasteiger partial charge in [0.1, 0.15) is 0 Å². The molecule has 4 atom stereocenters. The Bertz CT molecular complexity index is 695. The van der Waals surface area contributed by atoms with Crippen LogP contribution in [0.4, 0.5) is 0 Å². The standard InChI is InChI=1S/C26H37NO3/c28-24-19-25(29)23(15-9-4-7-13-20-11-5-3-6-12-20)22(24)14-8-1-2-10-16-26(30)27-21-17-18-21/h1,3,5-6,8-9,11-12,15,21-25,28-29H,2,4,7,10,13-14,16-19H2,(H,27,30)/b8-1-,15-9+/t22-,23-,24+,25-/m1/s1. The predicted molar refractivity (Wildman–Crippen MR) is 121 cm³/mol.